The molecule has 1 atom stereocenters. The predicted octanol–water partition coefficient (Wildman–Crippen LogP) is 3.63. The Labute approximate surface area is 161 Å². The van der Waals surface area contributed by atoms with E-state index in [9.17, 15) is 4.79 Å². The van der Waals surface area contributed by atoms with Crippen LogP contribution in [0.15, 0.2) is 42.5 Å². The summed E-state index contributed by atoms with van der Waals surface area (Å²) in [5.41, 5.74) is 13.6. The smallest absolute Gasteiger partial charge is 0.196 e. The van der Waals surface area contributed by atoms with Crippen molar-refractivity contribution in [2.45, 2.75) is 38.7 Å². The van der Waals surface area contributed by atoms with Crippen LogP contribution >= 0.6 is 0 Å². The van der Waals surface area contributed by atoms with Crippen molar-refractivity contribution in [3.8, 4) is 5.75 Å². The Kier molecular flexibility index (Phi) is 6.35. The molecule has 1 fully saturated rings. The van der Waals surface area contributed by atoms with Gasteiger partial charge in [-0.3, -0.25) is 4.79 Å². The van der Waals surface area contributed by atoms with Gasteiger partial charge in [-0.2, -0.15) is 0 Å². The number of carbonyl (C=O) groups excluding carboxylic acids is 1. The van der Waals surface area contributed by atoms with Crippen molar-refractivity contribution in [1.82, 2.24) is 5.32 Å². The van der Waals surface area contributed by atoms with Crippen molar-refractivity contribution in [3.05, 3.63) is 53.6 Å². The molecule has 0 radical (unpaired) electrons. The number of ketones is 1. The number of piperidine rings is 1. The molecule has 1 unspecified atom stereocenters. The topological polar surface area (TPSA) is 90.4 Å². The van der Waals surface area contributed by atoms with Gasteiger partial charge in [-0.1, -0.05) is 25.5 Å². The number of rotatable bonds is 7. The lowest BCUT2D eigenvalue weighted by atomic mass is 9.89. The number of nitrogens with two attached hydrogens (primary N) is 2. The van der Waals surface area contributed by atoms with Gasteiger partial charge < -0.3 is 21.5 Å². The molecule has 3 rings (SSSR count). The predicted molar refractivity (Wildman–Crippen MR) is 110 cm³/mol. The fraction of sp³-hybridized carbons (Fsp3) is 0.409. The second-order valence-electron chi connectivity index (χ2n) is 7.20. The van der Waals surface area contributed by atoms with Crippen LogP contribution in [0.5, 0.6) is 5.75 Å². The Morgan fingerprint density at radius 1 is 1.15 bits per heavy atom. The summed E-state index contributed by atoms with van der Waals surface area (Å²) >= 11 is 0. The zero-order valence-corrected chi connectivity index (χ0v) is 15.9. The molecule has 27 heavy (non-hydrogen) atoms. The first-order chi connectivity index (χ1) is 13.1. The van der Waals surface area contributed by atoms with E-state index in [0.717, 1.165) is 38.8 Å². The first-order valence-electron chi connectivity index (χ1n) is 9.76. The molecule has 0 bridgehead atoms. The van der Waals surface area contributed by atoms with E-state index >= 15 is 0 Å². The highest BCUT2D eigenvalue weighted by atomic mass is 16.5. The van der Waals surface area contributed by atoms with E-state index in [1.807, 2.05) is 24.3 Å². The maximum absolute atomic E-state index is 13.1. The SMILES string of the molecule is CCCC(Oc1ccccc1C(=O)c1ccc(N)c(N)c1)C1CCNCC1. The molecule has 2 aromatic carbocycles. The van der Waals surface area contributed by atoms with Crippen LogP contribution in [0, 0.1) is 5.92 Å². The van der Waals surface area contributed by atoms with E-state index in [-0.39, 0.29) is 11.9 Å². The van der Waals surface area contributed by atoms with Crippen molar-refractivity contribution in [2.24, 2.45) is 5.92 Å². The van der Waals surface area contributed by atoms with Crippen LogP contribution in [0.4, 0.5) is 11.4 Å². The number of carbonyl (C=O) groups is 1. The minimum Gasteiger partial charge on any atom is -0.489 e. The molecule has 0 spiro atoms. The van der Waals surface area contributed by atoms with Gasteiger partial charge in [0.1, 0.15) is 11.9 Å². The Balaban J connectivity index is 1.85. The average Bonchev–Trinajstić information content (AvgIpc) is 2.70. The van der Waals surface area contributed by atoms with Crippen molar-refractivity contribution < 1.29 is 9.53 Å². The Hall–Kier alpha value is -2.53. The maximum Gasteiger partial charge on any atom is 0.196 e. The molecule has 5 nitrogen and oxygen atoms in total. The Bertz CT molecular complexity index is 785. The molecular weight excluding hydrogens is 338 g/mol. The maximum atomic E-state index is 13.1. The molecule has 5 N–H and O–H groups in total. The molecule has 5 heteroatoms. The average molecular weight is 367 g/mol. The number of para-hydroxylation sites is 1. The van der Waals surface area contributed by atoms with E-state index in [1.54, 1.807) is 18.2 Å². The first kappa shape index (κ1) is 19.2. The zero-order valence-electron chi connectivity index (χ0n) is 15.9. The lowest BCUT2D eigenvalue weighted by Gasteiger charge is -2.31. The van der Waals surface area contributed by atoms with Crippen LogP contribution in [0.3, 0.4) is 0 Å². The summed E-state index contributed by atoms with van der Waals surface area (Å²) in [4.78, 5) is 13.1. The van der Waals surface area contributed by atoms with Crippen LogP contribution in [-0.2, 0) is 0 Å². The van der Waals surface area contributed by atoms with Gasteiger partial charge in [0.25, 0.3) is 0 Å². The van der Waals surface area contributed by atoms with Gasteiger partial charge in [-0.15, -0.1) is 0 Å². The second-order valence-corrected chi connectivity index (χ2v) is 7.20. The molecular formula is C22H29N3O2. The van der Waals surface area contributed by atoms with E-state index in [2.05, 4.69) is 12.2 Å². The highest BCUT2D eigenvalue weighted by Gasteiger charge is 2.26. The Morgan fingerprint density at radius 2 is 1.89 bits per heavy atom. The molecule has 144 valence electrons. The third-order valence-electron chi connectivity index (χ3n) is 5.24. The van der Waals surface area contributed by atoms with Gasteiger partial charge in [0.2, 0.25) is 0 Å². The fourth-order valence-electron chi connectivity index (χ4n) is 3.68. The van der Waals surface area contributed by atoms with Crippen LogP contribution in [-0.4, -0.2) is 25.0 Å². The van der Waals surface area contributed by atoms with Gasteiger partial charge in [0.15, 0.2) is 5.78 Å². The summed E-state index contributed by atoms with van der Waals surface area (Å²) in [6.07, 6.45) is 4.38. The van der Waals surface area contributed by atoms with E-state index in [0.29, 0.717) is 34.2 Å². The number of nitrogens with one attached hydrogen (secondary N) is 1. The fourth-order valence-corrected chi connectivity index (χ4v) is 3.68. The van der Waals surface area contributed by atoms with Gasteiger partial charge in [-0.25, -0.2) is 0 Å². The summed E-state index contributed by atoms with van der Waals surface area (Å²) in [5, 5.41) is 3.40. The van der Waals surface area contributed by atoms with Crippen molar-refractivity contribution in [2.75, 3.05) is 24.6 Å². The number of nitrogen functional groups attached to an aromatic ring is 2. The van der Waals surface area contributed by atoms with E-state index < -0.39 is 0 Å². The first-order valence-corrected chi connectivity index (χ1v) is 9.76. The van der Waals surface area contributed by atoms with Crippen LogP contribution < -0.4 is 21.5 Å². The van der Waals surface area contributed by atoms with Crippen molar-refractivity contribution in [1.29, 1.82) is 0 Å². The van der Waals surface area contributed by atoms with Gasteiger partial charge in [0.05, 0.1) is 16.9 Å². The van der Waals surface area contributed by atoms with Gasteiger partial charge in [-0.05, 0) is 68.6 Å². The molecule has 0 aromatic heterocycles. The largest absolute Gasteiger partial charge is 0.489 e. The minimum absolute atomic E-state index is 0.0992. The Morgan fingerprint density at radius 3 is 2.59 bits per heavy atom. The number of anilines is 2. The van der Waals surface area contributed by atoms with Crippen molar-refractivity contribution in [3.63, 3.8) is 0 Å². The molecule has 0 amide bonds. The molecule has 1 aliphatic heterocycles. The van der Waals surface area contributed by atoms with E-state index in [1.165, 1.54) is 0 Å². The quantitative estimate of drug-likeness (QED) is 0.513. The van der Waals surface area contributed by atoms with Crippen molar-refractivity contribution >= 4 is 17.2 Å². The lowest BCUT2D eigenvalue weighted by molar-refractivity contribution is 0.0957. The molecule has 1 heterocycles. The number of hydrogen-bond donors (Lipinski definition) is 3. The number of benzene rings is 2. The monoisotopic (exact) mass is 367 g/mol. The summed E-state index contributed by atoms with van der Waals surface area (Å²) in [6.45, 7) is 4.23. The molecule has 2 aromatic rings. The summed E-state index contributed by atoms with van der Waals surface area (Å²) < 4.78 is 6.42. The van der Waals surface area contributed by atoms with Crippen LogP contribution in [0.1, 0.15) is 48.5 Å². The molecule has 1 saturated heterocycles. The van der Waals surface area contributed by atoms with E-state index in [4.69, 9.17) is 16.2 Å². The molecule has 1 aliphatic rings. The third kappa shape index (κ3) is 4.61. The minimum atomic E-state index is -0.0992. The third-order valence-corrected chi connectivity index (χ3v) is 5.24. The standard InChI is InChI=1S/C22H29N3O2/c1-2-5-20(15-10-12-25-13-11-15)27-21-7-4-3-6-17(21)22(26)16-8-9-18(23)19(24)14-16/h3-4,6-9,14-15,20,25H,2,5,10-13,23-24H2,1H3. The van der Waals surface area contributed by atoms with Crippen LogP contribution in [0.2, 0.25) is 0 Å². The highest BCUT2D eigenvalue weighted by Crippen LogP contribution is 2.29. The normalized spacial score (nSPS) is 16.0. The summed E-state index contributed by atoms with van der Waals surface area (Å²) in [7, 11) is 0. The molecule has 0 aliphatic carbocycles. The van der Waals surface area contributed by atoms with Crippen LogP contribution in [0.25, 0.3) is 0 Å². The number of ether oxygens (including phenoxy) is 1. The summed E-state index contributed by atoms with van der Waals surface area (Å²) in [6, 6.07) is 12.5. The van der Waals surface area contributed by atoms with Gasteiger partial charge in [0, 0.05) is 5.56 Å². The summed E-state index contributed by atoms with van der Waals surface area (Å²) in [5.74, 6) is 1.06. The van der Waals surface area contributed by atoms with Gasteiger partial charge >= 0.3 is 0 Å². The zero-order chi connectivity index (χ0) is 19.2. The lowest BCUT2D eigenvalue weighted by Crippen LogP contribution is -2.37. The number of hydrogen-bond acceptors (Lipinski definition) is 5. The second kappa shape index (κ2) is 8.91. The molecule has 0 saturated carbocycles. The highest BCUT2D eigenvalue weighted by molar-refractivity contribution is 6.11.